The van der Waals surface area contributed by atoms with Crippen LogP contribution in [0.4, 0.5) is 0 Å². The average Bonchev–Trinajstić information content (AvgIpc) is 2.84. The van der Waals surface area contributed by atoms with E-state index in [1.165, 1.54) is 22.3 Å². The SMILES string of the molecule is O=c1cc(Cl)sn1Cc1csc2ccc(Cl)cc12. The third-order valence-corrected chi connectivity index (χ3v) is 5.00. The van der Waals surface area contributed by atoms with Gasteiger partial charge in [-0.05, 0) is 46.1 Å². The van der Waals surface area contributed by atoms with Crippen LogP contribution in [0.15, 0.2) is 34.4 Å². The summed E-state index contributed by atoms with van der Waals surface area (Å²) in [7, 11) is 0. The minimum atomic E-state index is -0.0635. The molecule has 0 atom stereocenters. The summed E-state index contributed by atoms with van der Waals surface area (Å²) in [5.74, 6) is 0. The molecule has 0 aliphatic heterocycles. The number of nitrogens with zero attached hydrogens (tertiary/aromatic N) is 1. The molecule has 0 fully saturated rings. The Kier molecular flexibility index (Phi) is 3.20. The van der Waals surface area contributed by atoms with Crippen LogP contribution in [-0.2, 0) is 6.54 Å². The van der Waals surface area contributed by atoms with E-state index in [9.17, 15) is 4.79 Å². The van der Waals surface area contributed by atoms with Gasteiger partial charge in [-0.2, -0.15) is 0 Å². The summed E-state index contributed by atoms with van der Waals surface area (Å²) in [6.45, 7) is 0.538. The Morgan fingerprint density at radius 2 is 2.06 bits per heavy atom. The van der Waals surface area contributed by atoms with E-state index in [1.54, 1.807) is 15.3 Å². The fourth-order valence-corrected chi connectivity index (χ4v) is 3.95. The van der Waals surface area contributed by atoms with Gasteiger partial charge in [0.15, 0.2) is 0 Å². The Morgan fingerprint density at radius 3 is 2.78 bits per heavy atom. The molecule has 0 radical (unpaired) electrons. The zero-order chi connectivity index (χ0) is 12.7. The van der Waals surface area contributed by atoms with Crippen molar-refractivity contribution in [3.05, 3.63) is 54.9 Å². The minimum absolute atomic E-state index is 0.0635. The van der Waals surface area contributed by atoms with Crippen LogP contribution in [-0.4, -0.2) is 3.96 Å². The van der Waals surface area contributed by atoms with Gasteiger partial charge in [0.1, 0.15) is 4.34 Å². The molecule has 0 spiro atoms. The lowest BCUT2D eigenvalue weighted by atomic mass is 10.2. The predicted octanol–water partition coefficient (Wildman–Crippen LogP) is 4.48. The standard InChI is InChI=1S/C12H7Cl2NOS2/c13-8-1-2-10-9(3-8)7(6-17-10)5-15-12(16)4-11(14)18-15/h1-4,6H,5H2. The van der Waals surface area contributed by atoms with Crippen molar-refractivity contribution in [1.29, 1.82) is 0 Å². The molecule has 2 nitrogen and oxygen atoms in total. The molecule has 0 N–H and O–H groups in total. The van der Waals surface area contributed by atoms with Gasteiger partial charge in [-0.1, -0.05) is 23.2 Å². The summed E-state index contributed by atoms with van der Waals surface area (Å²) in [5, 5.41) is 3.86. The van der Waals surface area contributed by atoms with Crippen LogP contribution in [0.3, 0.4) is 0 Å². The van der Waals surface area contributed by atoms with Crippen molar-refractivity contribution in [2.24, 2.45) is 0 Å². The van der Waals surface area contributed by atoms with Crippen LogP contribution in [0, 0.1) is 0 Å². The maximum absolute atomic E-state index is 11.6. The topological polar surface area (TPSA) is 22.0 Å². The predicted molar refractivity (Wildman–Crippen MR) is 79.5 cm³/mol. The molecule has 0 aliphatic carbocycles. The van der Waals surface area contributed by atoms with Crippen molar-refractivity contribution >= 4 is 56.2 Å². The van der Waals surface area contributed by atoms with E-state index in [-0.39, 0.29) is 5.56 Å². The summed E-state index contributed by atoms with van der Waals surface area (Å²) in [5.41, 5.74) is 1.03. The van der Waals surface area contributed by atoms with E-state index in [0.29, 0.717) is 15.9 Å². The van der Waals surface area contributed by atoms with E-state index >= 15 is 0 Å². The fourth-order valence-electron chi connectivity index (χ4n) is 1.79. The van der Waals surface area contributed by atoms with Gasteiger partial charge in [-0.25, -0.2) is 0 Å². The van der Waals surface area contributed by atoms with Gasteiger partial charge < -0.3 is 0 Å². The van der Waals surface area contributed by atoms with Gasteiger partial charge in [0, 0.05) is 15.8 Å². The van der Waals surface area contributed by atoms with Crippen LogP contribution < -0.4 is 5.56 Å². The van der Waals surface area contributed by atoms with E-state index < -0.39 is 0 Å². The van der Waals surface area contributed by atoms with Gasteiger partial charge in [-0.15, -0.1) is 11.3 Å². The van der Waals surface area contributed by atoms with Crippen LogP contribution in [0.25, 0.3) is 10.1 Å². The lowest BCUT2D eigenvalue weighted by molar-refractivity contribution is 0.858. The maximum Gasteiger partial charge on any atom is 0.262 e. The minimum Gasteiger partial charge on any atom is -0.268 e. The van der Waals surface area contributed by atoms with E-state index in [1.807, 2.05) is 18.2 Å². The first kappa shape index (κ1) is 12.2. The van der Waals surface area contributed by atoms with Gasteiger partial charge in [0.25, 0.3) is 5.56 Å². The second kappa shape index (κ2) is 4.70. The first-order valence-electron chi connectivity index (χ1n) is 5.16. The number of hydrogen-bond donors (Lipinski definition) is 0. The molecule has 92 valence electrons. The quantitative estimate of drug-likeness (QED) is 0.683. The van der Waals surface area contributed by atoms with Gasteiger partial charge in [0.2, 0.25) is 0 Å². The molecular weight excluding hydrogens is 309 g/mol. The van der Waals surface area contributed by atoms with Crippen molar-refractivity contribution < 1.29 is 0 Å². The summed E-state index contributed by atoms with van der Waals surface area (Å²) in [6, 6.07) is 7.24. The number of benzene rings is 1. The molecule has 0 unspecified atom stereocenters. The Morgan fingerprint density at radius 1 is 1.22 bits per heavy atom. The molecular formula is C12H7Cl2NOS2. The molecule has 0 amide bonds. The molecule has 0 saturated heterocycles. The highest BCUT2D eigenvalue weighted by Crippen LogP contribution is 2.29. The lowest BCUT2D eigenvalue weighted by Crippen LogP contribution is -2.12. The van der Waals surface area contributed by atoms with Gasteiger partial charge in [0.05, 0.1) is 6.54 Å². The second-order valence-corrected chi connectivity index (χ2v) is 6.86. The molecule has 2 heterocycles. The summed E-state index contributed by atoms with van der Waals surface area (Å²) in [6.07, 6.45) is 0. The normalized spacial score (nSPS) is 11.2. The highest BCUT2D eigenvalue weighted by Gasteiger charge is 2.08. The first-order valence-corrected chi connectivity index (χ1v) is 7.57. The van der Waals surface area contributed by atoms with Crippen molar-refractivity contribution in [2.75, 3.05) is 0 Å². The molecule has 0 bridgehead atoms. The molecule has 1 aromatic carbocycles. The molecule has 18 heavy (non-hydrogen) atoms. The van der Waals surface area contributed by atoms with E-state index in [2.05, 4.69) is 5.38 Å². The Balaban J connectivity index is 2.07. The van der Waals surface area contributed by atoms with Crippen molar-refractivity contribution in [3.8, 4) is 0 Å². The van der Waals surface area contributed by atoms with Gasteiger partial charge >= 0.3 is 0 Å². The fraction of sp³-hybridized carbons (Fsp3) is 0.0833. The molecule has 3 aromatic rings. The number of fused-ring (bicyclic) bond motifs is 1. The van der Waals surface area contributed by atoms with Crippen LogP contribution in [0.1, 0.15) is 5.56 Å². The number of halogens is 2. The second-order valence-electron chi connectivity index (χ2n) is 3.82. The highest BCUT2D eigenvalue weighted by molar-refractivity contribution is 7.17. The molecule has 0 aliphatic rings. The Hall–Kier alpha value is -0.810. The van der Waals surface area contributed by atoms with Crippen molar-refractivity contribution in [2.45, 2.75) is 6.54 Å². The molecule has 6 heteroatoms. The highest BCUT2D eigenvalue weighted by atomic mass is 35.5. The summed E-state index contributed by atoms with van der Waals surface area (Å²) in [4.78, 5) is 11.6. The maximum atomic E-state index is 11.6. The third-order valence-electron chi connectivity index (χ3n) is 2.61. The van der Waals surface area contributed by atoms with Crippen LogP contribution >= 0.6 is 46.1 Å². The molecule has 0 saturated carbocycles. The zero-order valence-corrected chi connectivity index (χ0v) is 12.2. The summed E-state index contributed by atoms with van der Waals surface area (Å²) < 4.78 is 3.33. The summed E-state index contributed by atoms with van der Waals surface area (Å²) >= 11 is 14.8. The smallest absolute Gasteiger partial charge is 0.262 e. The Bertz CT molecular complexity index is 772. The van der Waals surface area contributed by atoms with Crippen LogP contribution in [0.2, 0.25) is 9.36 Å². The average molecular weight is 316 g/mol. The first-order chi connectivity index (χ1) is 8.63. The number of aromatic nitrogens is 1. The number of thiophene rings is 1. The van der Waals surface area contributed by atoms with E-state index in [0.717, 1.165) is 10.9 Å². The number of hydrogen-bond acceptors (Lipinski definition) is 3. The van der Waals surface area contributed by atoms with Gasteiger partial charge in [-0.3, -0.25) is 8.75 Å². The number of rotatable bonds is 2. The molecule has 2 aromatic heterocycles. The lowest BCUT2D eigenvalue weighted by Gasteiger charge is -2.00. The Labute approximate surface area is 121 Å². The monoisotopic (exact) mass is 315 g/mol. The van der Waals surface area contributed by atoms with Crippen molar-refractivity contribution in [3.63, 3.8) is 0 Å². The van der Waals surface area contributed by atoms with Crippen LogP contribution in [0.5, 0.6) is 0 Å². The van der Waals surface area contributed by atoms with Crippen molar-refractivity contribution in [1.82, 2.24) is 3.96 Å². The van der Waals surface area contributed by atoms with E-state index in [4.69, 9.17) is 23.2 Å². The molecule has 3 rings (SSSR count). The zero-order valence-electron chi connectivity index (χ0n) is 9.02. The third kappa shape index (κ3) is 2.21. The largest absolute Gasteiger partial charge is 0.268 e.